The number of benzene rings is 1. The first-order chi connectivity index (χ1) is 7.79. The normalized spacial score (nSPS) is 15.3. The summed E-state index contributed by atoms with van der Waals surface area (Å²) < 4.78 is 22.6. The molecule has 0 radical (unpaired) electrons. The summed E-state index contributed by atoms with van der Waals surface area (Å²) in [4.78, 5) is 0.810. The lowest BCUT2D eigenvalue weighted by Gasteiger charge is -2.16. The summed E-state index contributed by atoms with van der Waals surface area (Å²) in [6.45, 7) is 4.20. The smallest absolute Gasteiger partial charge is 0.175 e. The third-order valence-electron chi connectivity index (χ3n) is 2.37. The lowest BCUT2D eigenvalue weighted by molar-refractivity contribution is 0.602. The molecule has 0 bridgehead atoms. The zero-order valence-electron chi connectivity index (χ0n) is 10.3. The predicted octanol–water partition coefficient (Wildman–Crippen LogP) is 3.06. The Balaban J connectivity index is 2.69. The number of hydrogen-bond donors (Lipinski definition) is 1. The van der Waals surface area contributed by atoms with E-state index < -0.39 is 9.84 Å². The Bertz CT molecular complexity index is 454. The van der Waals surface area contributed by atoms with E-state index in [1.54, 1.807) is 24.3 Å². The van der Waals surface area contributed by atoms with E-state index in [4.69, 9.17) is 0 Å². The number of sulfone groups is 1. The van der Waals surface area contributed by atoms with Gasteiger partial charge in [-0.25, -0.2) is 8.42 Å². The van der Waals surface area contributed by atoms with Crippen LogP contribution >= 0.6 is 15.9 Å². The van der Waals surface area contributed by atoms with Crippen molar-refractivity contribution in [3.63, 3.8) is 0 Å². The topological polar surface area (TPSA) is 46.2 Å². The molecule has 5 heteroatoms. The highest BCUT2D eigenvalue weighted by Gasteiger charge is 2.08. The van der Waals surface area contributed by atoms with Gasteiger partial charge in [0.05, 0.1) is 4.90 Å². The highest BCUT2D eigenvalue weighted by atomic mass is 79.9. The maximum Gasteiger partial charge on any atom is 0.175 e. The summed E-state index contributed by atoms with van der Waals surface area (Å²) in [6.07, 6.45) is 2.22. The molecule has 0 saturated carbocycles. The van der Waals surface area contributed by atoms with E-state index in [-0.39, 0.29) is 0 Å². The highest BCUT2D eigenvalue weighted by molar-refractivity contribution is 9.09. The van der Waals surface area contributed by atoms with Crippen molar-refractivity contribution in [1.29, 1.82) is 0 Å². The van der Waals surface area contributed by atoms with Crippen molar-refractivity contribution in [3.05, 3.63) is 24.3 Å². The molecule has 0 saturated heterocycles. The molecule has 96 valence electrons. The first kappa shape index (κ1) is 14.5. The fraction of sp³-hybridized carbons (Fsp3) is 0.500. The monoisotopic (exact) mass is 319 g/mol. The van der Waals surface area contributed by atoms with Gasteiger partial charge in [0.15, 0.2) is 9.84 Å². The van der Waals surface area contributed by atoms with E-state index in [9.17, 15) is 8.42 Å². The van der Waals surface area contributed by atoms with Crippen LogP contribution in [0.3, 0.4) is 0 Å². The molecule has 1 rings (SSSR count). The van der Waals surface area contributed by atoms with Gasteiger partial charge in [-0.1, -0.05) is 22.9 Å². The van der Waals surface area contributed by atoms with Crippen LogP contribution in [0.4, 0.5) is 5.69 Å². The van der Waals surface area contributed by atoms with E-state index in [2.05, 4.69) is 35.1 Å². The molecule has 2 unspecified atom stereocenters. The van der Waals surface area contributed by atoms with Crippen LogP contribution in [0.5, 0.6) is 0 Å². The minimum absolute atomic E-state index is 0.341. The molecule has 0 aliphatic rings. The van der Waals surface area contributed by atoms with Crippen molar-refractivity contribution >= 4 is 31.5 Å². The van der Waals surface area contributed by atoms with E-state index >= 15 is 0 Å². The van der Waals surface area contributed by atoms with Gasteiger partial charge in [0.25, 0.3) is 0 Å². The second-order valence-corrected chi connectivity index (χ2v) is 7.94. The first-order valence-electron chi connectivity index (χ1n) is 5.50. The number of halogens is 1. The maximum absolute atomic E-state index is 11.3. The van der Waals surface area contributed by atoms with Crippen LogP contribution in [0.1, 0.15) is 20.3 Å². The third kappa shape index (κ3) is 5.08. The molecular weight excluding hydrogens is 302 g/mol. The number of nitrogens with one attached hydrogen (secondary N) is 1. The second-order valence-electron chi connectivity index (χ2n) is 4.36. The fourth-order valence-electron chi connectivity index (χ4n) is 1.63. The van der Waals surface area contributed by atoms with Gasteiger partial charge in [-0.15, -0.1) is 0 Å². The molecule has 0 aliphatic heterocycles. The number of rotatable bonds is 5. The molecule has 1 aromatic rings. The van der Waals surface area contributed by atoms with E-state index in [1.807, 2.05) is 0 Å². The van der Waals surface area contributed by atoms with Gasteiger partial charge in [-0.2, -0.15) is 0 Å². The molecule has 0 fully saturated rings. The van der Waals surface area contributed by atoms with Gasteiger partial charge in [0, 0.05) is 22.8 Å². The SMILES string of the molecule is CC(Br)CC(C)Nc1ccc(S(C)(=O)=O)cc1. The van der Waals surface area contributed by atoms with Crippen molar-refractivity contribution in [1.82, 2.24) is 0 Å². The average molecular weight is 320 g/mol. The van der Waals surface area contributed by atoms with Crippen molar-refractivity contribution in [2.24, 2.45) is 0 Å². The van der Waals surface area contributed by atoms with Crippen LogP contribution in [-0.2, 0) is 9.84 Å². The molecule has 0 aliphatic carbocycles. The zero-order chi connectivity index (χ0) is 13.1. The van der Waals surface area contributed by atoms with Crippen molar-refractivity contribution in [2.45, 2.75) is 36.0 Å². The van der Waals surface area contributed by atoms with E-state index in [1.165, 1.54) is 6.26 Å². The lowest BCUT2D eigenvalue weighted by atomic mass is 10.2. The predicted molar refractivity (Wildman–Crippen MR) is 75.6 cm³/mol. The van der Waals surface area contributed by atoms with Crippen molar-refractivity contribution < 1.29 is 8.42 Å². The van der Waals surface area contributed by atoms with Crippen LogP contribution in [-0.4, -0.2) is 25.5 Å². The van der Waals surface area contributed by atoms with E-state index in [0.717, 1.165) is 12.1 Å². The molecule has 1 aromatic carbocycles. The Labute approximate surface area is 112 Å². The molecule has 0 spiro atoms. The van der Waals surface area contributed by atoms with Gasteiger partial charge in [-0.3, -0.25) is 0 Å². The van der Waals surface area contributed by atoms with Crippen LogP contribution in [0.25, 0.3) is 0 Å². The Morgan fingerprint density at radius 2 is 1.76 bits per heavy atom. The molecule has 1 N–H and O–H groups in total. The van der Waals surface area contributed by atoms with E-state index in [0.29, 0.717) is 15.8 Å². The number of anilines is 1. The Morgan fingerprint density at radius 1 is 1.24 bits per heavy atom. The fourth-order valence-corrected chi connectivity index (χ4v) is 2.82. The number of alkyl halides is 1. The molecule has 17 heavy (non-hydrogen) atoms. The lowest BCUT2D eigenvalue weighted by Crippen LogP contribution is -2.18. The van der Waals surface area contributed by atoms with Crippen LogP contribution in [0, 0.1) is 0 Å². The standard InChI is InChI=1S/C12H18BrNO2S/c1-9(13)8-10(2)14-11-4-6-12(7-5-11)17(3,15)16/h4-7,9-10,14H,8H2,1-3H3. The molecule has 0 heterocycles. The average Bonchev–Trinajstić information content (AvgIpc) is 2.15. The second kappa shape index (κ2) is 5.87. The van der Waals surface area contributed by atoms with Gasteiger partial charge in [0.1, 0.15) is 0 Å². The minimum atomic E-state index is -3.10. The summed E-state index contributed by atoms with van der Waals surface area (Å²) >= 11 is 3.51. The van der Waals surface area contributed by atoms with Crippen LogP contribution < -0.4 is 5.32 Å². The van der Waals surface area contributed by atoms with Gasteiger partial charge in [-0.05, 0) is 37.6 Å². The quantitative estimate of drug-likeness (QED) is 0.848. The maximum atomic E-state index is 11.3. The summed E-state index contributed by atoms with van der Waals surface area (Å²) in [5, 5.41) is 3.33. The van der Waals surface area contributed by atoms with Crippen molar-refractivity contribution in [3.8, 4) is 0 Å². The van der Waals surface area contributed by atoms with Crippen molar-refractivity contribution in [2.75, 3.05) is 11.6 Å². The molecule has 0 amide bonds. The first-order valence-corrected chi connectivity index (χ1v) is 8.30. The van der Waals surface area contributed by atoms with Crippen LogP contribution in [0.15, 0.2) is 29.2 Å². The highest BCUT2D eigenvalue weighted by Crippen LogP contribution is 2.16. The third-order valence-corrected chi connectivity index (χ3v) is 3.88. The molecule has 0 aromatic heterocycles. The molecule has 2 atom stereocenters. The largest absolute Gasteiger partial charge is 0.383 e. The summed E-state index contributed by atoms with van der Waals surface area (Å²) in [5.41, 5.74) is 0.943. The van der Waals surface area contributed by atoms with Gasteiger partial charge < -0.3 is 5.32 Å². The number of hydrogen-bond acceptors (Lipinski definition) is 3. The Kier molecular flexibility index (Phi) is 5.01. The Morgan fingerprint density at radius 3 is 2.18 bits per heavy atom. The zero-order valence-corrected chi connectivity index (χ0v) is 12.7. The minimum Gasteiger partial charge on any atom is -0.383 e. The van der Waals surface area contributed by atoms with Gasteiger partial charge in [0.2, 0.25) is 0 Å². The van der Waals surface area contributed by atoms with Crippen LogP contribution in [0.2, 0.25) is 0 Å². The summed E-state index contributed by atoms with van der Waals surface area (Å²) in [7, 11) is -3.10. The summed E-state index contributed by atoms with van der Waals surface area (Å²) in [6, 6.07) is 7.19. The summed E-state index contributed by atoms with van der Waals surface area (Å²) in [5.74, 6) is 0. The Hall–Kier alpha value is -0.550. The molecular formula is C12H18BrNO2S. The van der Waals surface area contributed by atoms with Gasteiger partial charge >= 0.3 is 0 Å². The molecule has 3 nitrogen and oxygen atoms in total.